The summed E-state index contributed by atoms with van der Waals surface area (Å²) in [5.74, 6) is 0.900. The molecule has 1 aromatic heterocycles. The van der Waals surface area contributed by atoms with Crippen LogP contribution in [0.15, 0.2) is 16.7 Å². The number of hydrogen-bond acceptors (Lipinski definition) is 2. The van der Waals surface area contributed by atoms with Gasteiger partial charge in [-0.15, -0.1) is 0 Å². The number of hydrogen-bond donors (Lipinski definition) is 0. The number of carbonyl (C=O) groups is 1. The van der Waals surface area contributed by atoms with Crippen molar-refractivity contribution in [3.05, 3.63) is 23.7 Å². The van der Waals surface area contributed by atoms with Crippen molar-refractivity contribution in [3.8, 4) is 0 Å². The summed E-state index contributed by atoms with van der Waals surface area (Å²) in [5.41, 5.74) is 0.680. The zero-order valence-electron chi connectivity index (χ0n) is 7.75. The monoisotopic (exact) mass is 179 g/mol. The number of nitrogens with zero attached hydrogens (tertiary/aromatic N) is 1. The fourth-order valence-corrected chi connectivity index (χ4v) is 1.66. The molecule has 0 aliphatic carbocycles. The maximum absolute atomic E-state index is 11.7. The molecule has 0 aromatic carbocycles. The average molecular weight is 179 g/mol. The Kier molecular flexibility index (Phi) is 2.08. The van der Waals surface area contributed by atoms with Gasteiger partial charge in [0.2, 0.25) is 0 Å². The molecule has 1 amide bonds. The summed E-state index contributed by atoms with van der Waals surface area (Å²) >= 11 is 0. The van der Waals surface area contributed by atoms with Gasteiger partial charge in [-0.1, -0.05) is 0 Å². The van der Waals surface area contributed by atoms with Crippen LogP contribution in [0.3, 0.4) is 0 Å². The number of aryl methyl sites for hydroxylation is 1. The average Bonchev–Trinajstić information content (AvgIpc) is 2.72. The van der Waals surface area contributed by atoms with Crippen LogP contribution in [-0.2, 0) is 0 Å². The van der Waals surface area contributed by atoms with Crippen LogP contribution in [0, 0.1) is 6.92 Å². The van der Waals surface area contributed by atoms with E-state index in [2.05, 4.69) is 0 Å². The molecule has 0 saturated carbocycles. The summed E-state index contributed by atoms with van der Waals surface area (Å²) in [4.78, 5) is 13.6. The molecule has 1 fully saturated rings. The lowest BCUT2D eigenvalue weighted by Gasteiger charge is -2.12. The van der Waals surface area contributed by atoms with Gasteiger partial charge in [0.25, 0.3) is 5.91 Å². The summed E-state index contributed by atoms with van der Waals surface area (Å²) in [6.07, 6.45) is 3.79. The molecule has 1 aliphatic heterocycles. The molecule has 1 saturated heterocycles. The van der Waals surface area contributed by atoms with E-state index < -0.39 is 0 Å². The molecule has 13 heavy (non-hydrogen) atoms. The Morgan fingerprint density at radius 3 is 2.69 bits per heavy atom. The Bertz CT molecular complexity index is 310. The highest BCUT2D eigenvalue weighted by Crippen LogP contribution is 2.14. The van der Waals surface area contributed by atoms with E-state index in [9.17, 15) is 4.79 Å². The quantitative estimate of drug-likeness (QED) is 0.659. The van der Waals surface area contributed by atoms with Crippen LogP contribution in [0.2, 0.25) is 0 Å². The second-order valence-electron chi connectivity index (χ2n) is 3.45. The van der Waals surface area contributed by atoms with Gasteiger partial charge >= 0.3 is 0 Å². The van der Waals surface area contributed by atoms with Gasteiger partial charge in [0.1, 0.15) is 12.0 Å². The molecule has 0 spiro atoms. The van der Waals surface area contributed by atoms with E-state index in [1.54, 1.807) is 6.07 Å². The van der Waals surface area contributed by atoms with Crippen LogP contribution in [-0.4, -0.2) is 23.9 Å². The van der Waals surface area contributed by atoms with E-state index in [1.165, 1.54) is 6.26 Å². The molecule has 0 bridgehead atoms. The minimum absolute atomic E-state index is 0.106. The van der Waals surface area contributed by atoms with Gasteiger partial charge in [-0.2, -0.15) is 0 Å². The number of likely N-dealkylation sites (tertiary alicyclic amines) is 1. The van der Waals surface area contributed by atoms with Crippen molar-refractivity contribution in [2.75, 3.05) is 13.1 Å². The second-order valence-corrected chi connectivity index (χ2v) is 3.45. The van der Waals surface area contributed by atoms with Gasteiger partial charge in [0.15, 0.2) is 0 Å². The number of furan rings is 1. The molecule has 1 aliphatic rings. The molecule has 3 nitrogen and oxygen atoms in total. The molecule has 3 heteroatoms. The molecule has 2 heterocycles. The van der Waals surface area contributed by atoms with Crippen LogP contribution in [0.25, 0.3) is 0 Å². The minimum atomic E-state index is 0.106. The first-order chi connectivity index (χ1) is 6.27. The molecule has 0 unspecified atom stereocenters. The lowest BCUT2D eigenvalue weighted by Crippen LogP contribution is -2.27. The summed E-state index contributed by atoms with van der Waals surface area (Å²) in [6, 6.07) is 1.79. The molecular formula is C10H13NO2. The lowest BCUT2D eigenvalue weighted by atomic mass is 10.3. The highest BCUT2D eigenvalue weighted by molar-refractivity contribution is 5.94. The van der Waals surface area contributed by atoms with Crippen LogP contribution < -0.4 is 0 Å². The maximum Gasteiger partial charge on any atom is 0.257 e. The summed E-state index contributed by atoms with van der Waals surface area (Å²) in [7, 11) is 0. The van der Waals surface area contributed by atoms with E-state index in [0.717, 1.165) is 31.7 Å². The van der Waals surface area contributed by atoms with Crippen LogP contribution in [0.5, 0.6) is 0 Å². The second kappa shape index (κ2) is 3.24. The fourth-order valence-electron chi connectivity index (χ4n) is 1.66. The zero-order chi connectivity index (χ0) is 9.26. The maximum atomic E-state index is 11.7. The van der Waals surface area contributed by atoms with Gasteiger partial charge in [-0.25, -0.2) is 0 Å². The Balaban J connectivity index is 2.12. The first-order valence-corrected chi connectivity index (χ1v) is 4.62. The first kappa shape index (κ1) is 8.35. The van der Waals surface area contributed by atoms with Crippen LogP contribution in [0.1, 0.15) is 29.0 Å². The van der Waals surface area contributed by atoms with Crippen LogP contribution in [0.4, 0.5) is 0 Å². The van der Waals surface area contributed by atoms with Gasteiger partial charge in [-0.3, -0.25) is 4.79 Å². The summed E-state index contributed by atoms with van der Waals surface area (Å²) in [5, 5.41) is 0. The number of rotatable bonds is 1. The van der Waals surface area contributed by atoms with Gasteiger partial charge in [0, 0.05) is 13.1 Å². The number of amides is 1. The molecule has 0 atom stereocenters. The van der Waals surface area contributed by atoms with Gasteiger partial charge < -0.3 is 9.32 Å². The highest BCUT2D eigenvalue weighted by atomic mass is 16.3. The van der Waals surface area contributed by atoms with E-state index in [1.807, 2.05) is 11.8 Å². The van der Waals surface area contributed by atoms with Gasteiger partial charge in [-0.05, 0) is 25.8 Å². The molecular weight excluding hydrogens is 166 g/mol. The van der Waals surface area contributed by atoms with E-state index in [-0.39, 0.29) is 5.91 Å². The molecule has 70 valence electrons. The van der Waals surface area contributed by atoms with E-state index >= 15 is 0 Å². The predicted octanol–water partition coefficient (Wildman–Crippen LogP) is 1.82. The van der Waals surface area contributed by atoms with E-state index in [0.29, 0.717) is 5.56 Å². The highest BCUT2D eigenvalue weighted by Gasteiger charge is 2.20. The molecule has 2 rings (SSSR count). The smallest absolute Gasteiger partial charge is 0.257 e. The topological polar surface area (TPSA) is 33.5 Å². The SMILES string of the molecule is Cc1cc(C(=O)N2CCCC2)co1. The minimum Gasteiger partial charge on any atom is -0.469 e. The van der Waals surface area contributed by atoms with Crippen molar-refractivity contribution in [1.82, 2.24) is 4.90 Å². The Hall–Kier alpha value is -1.25. The first-order valence-electron chi connectivity index (χ1n) is 4.62. The summed E-state index contributed by atoms with van der Waals surface area (Å²) < 4.78 is 5.10. The van der Waals surface area contributed by atoms with Crippen molar-refractivity contribution >= 4 is 5.91 Å². The molecule has 1 aromatic rings. The molecule has 0 radical (unpaired) electrons. The van der Waals surface area contributed by atoms with Crippen molar-refractivity contribution in [2.24, 2.45) is 0 Å². The normalized spacial score (nSPS) is 16.5. The molecule has 0 N–H and O–H groups in total. The summed E-state index contributed by atoms with van der Waals surface area (Å²) in [6.45, 7) is 3.63. The van der Waals surface area contributed by atoms with Crippen LogP contribution >= 0.6 is 0 Å². The largest absolute Gasteiger partial charge is 0.469 e. The Morgan fingerprint density at radius 2 is 2.15 bits per heavy atom. The van der Waals surface area contributed by atoms with E-state index in [4.69, 9.17) is 4.42 Å². The Labute approximate surface area is 77.3 Å². The lowest BCUT2D eigenvalue weighted by molar-refractivity contribution is 0.0792. The van der Waals surface area contributed by atoms with Crippen molar-refractivity contribution in [3.63, 3.8) is 0 Å². The van der Waals surface area contributed by atoms with Crippen molar-refractivity contribution in [1.29, 1.82) is 0 Å². The van der Waals surface area contributed by atoms with Crippen molar-refractivity contribution < 1.29 is 9.21 Å². The number of carbonyl (C=O) groups excluding carboxylic acids is 1. The third kappa shape index (κ3) is 1.59. The fraction of sp³-hybridized carbons (Fsp3) is 0.500. The third-order valence-corrected chi connectivity index (χ3v) is 2.37. The third-order valence-electron chi connectivity index (χ3n) is 2.37. The Morgan fingerprint density at radius 1 is 1.46 bits per heavy atom. The van der Waals surface area contributed by atoms with Gasteiger partial charge in [0.05, 0.1) is 5.56 Å². The van der Waals surface area contributed by atoms with Crippen molar-refractivity contribution in [2.45, 2.75) is 19.8 Å². The predicted molar refractivity (Wildman–Crippen MR) is 48.6 cm³/mol. The standard InChI is InChI=1S/C10H13NO2/c1-8-6-9(7-13-8)10(12)11-4-2-3-5-11/h6-7H,2-5H2,1H3. The zero-order valence-corrected chi connectivity index (χ0v) is 7.75.